The van der Waals surface area contributed by atoms with Gasteiger partial charge < -0.3 is 20.7 Å². The Balaban J connectivity index is 3.37. The Labute approximate surface area is 96.1 Å². The fraction of sp³-hybridized carbons (Fsp3) is 0.800. The van der Waals surface area contributed by atoms with E-state index in [4.69, 9.17) is 0 Å². The molecule has 94 valence electrons. The predicted molar refractivity (Wildman–Crippen MR) is 61.3 cm³/mol. The van der Waals surface area contributed by atoms with Gasteiger partial charge in [-0.1, -0.05) is 0 Å². The summed E-state index contributed by atoms with van der Waals surface area (Å²) in [5, 5.41) is 7.85. The van der Waals surface area contributed by atoms with Crippen molar-refractivity contribution in [2.24, 2.45) is 0 Å². The molecule has 0 aliphatic heterocycles. The van der Waals surface area contributed by atoms with Gasteiger partial charge in [-0.15, -0.1) is 0 Å². The minimum atomic E-state index is -0.406. The molecule has 0 fully saturated rings. The molecule has 0 saturated carbocycles. The van der Waals surface area contributed by atoms with Gasteiger partial charge in [0.1, 0.15) is 0 Å². The highest BCUT2D eigenvalue weighted by Gasteiger charge is 2.05. The Hall–Kier alpha value is -1.46. The summed E-state index contributed by atoms with van der Waals surface area (Å²) in [6.45, 7) is 2.56. The Bertz CT molecular complexity index is 221. The van der Waals surface area contributed by atoms with Crippen LogP contribution in [0.15, 0.2) is 0 Å². The summed E-state index contributed by atoms with van der Waals surface area (Å²) in [4.78, 5) is 21.6. The number of rotatable bonds is 6. The molecule has 6 heteroatoms. The molecule has 16 heavy (non-hydrogen) atoms. The molecule has 0 saturated heterocycles. The van der Waals surface area contributed by atoms with Crippen LogP contribution in [-0.4, -0.2) is 38.9 Å². The zero-order valence-corrected chi connectivity index (χ0v) is 10.1. The van der Waals surface area contributed by atoms with Gasteiger partial charge in [-0.2, -0.15) is 0 Å². The topological polar surface area (TPSA) is 79.5 Å². The van der Waals surface area contributed by atoms with Crippen LogP contribution in [0.4, 0.5) is 9.59 Å². The Morgan fingerprint density at radius 2 is 2.00 bits per heavy atom. The first-order valence-electron chi connectivity index (χ1n) is 5.40. The van der Waals surface area contributed by atoms with E-state index >= 15 is 0 Å². The molecule has 0 radical (unpaired) electrons. The van der Waals surface area contributed by atoms with Gasteiger partial charge >= 0.3 is 12.1 Å². The lowest BCUT2D eigenvalue weighted by Gasteiger charge is -2.12. The van der Waals surface area contributed by atoms with E-state index in [1.54, 1.807) is 7.05 Å². The second-order valence-corrected chi connectivity index (χ2v) is 3.54. The molecule has 0 aromatic carbocycles. The number of methoxy groups -OCH3 is 1. The van der Waals surface area contributed by atoms with E-state index in [0.717, 1.165) is 19.3 Å². The van der Waals surface area contributed by atoms with Crippen molar-refractivity contribution in [3.63, 3.8) is 0 Å². The van der Waals surface area contributed by atoms with E-state index in [9.17, 15) is 9.59 Å². The van der Waals surface area contributed by atoms with Gasteiger partial charge in [-0.25, -0.2) is 9.59 Å². The van der Waals surface area contributed by atoms with Crippen molar-refractivity contribution in [2.75, 3.05) is 20.7 Å². The first kappa shape index (κ1) is 14.5. The minimum absolute atomic E-state index is 0.0902. The average molecular weight is 231 g/mol. The van der Waals surface area contributed by atoms with Crippen molar-refractivity contribution in [3.05, 3.63) is 0 Å². The Morgan fingerprint density at radius 1 is 1.31 bits per heavy atom. The Morgan fingerprint density at radius 3 is 2.56 bits per heavy atom. The number of nitrogens with one attached hydrogen (secondary N) is 3. The van der Waals surface area contributed by atoms with E-state index in [-0.39, 0.29) is 12.1 Å². The van der Waals surface area contributed by atoms with Gasteiger partial charge in [0.2, 0.25) is 0 Å². The number of carbonyl (C=O) groups is 2. The van der Waals surface area contributed by atoms with E-state index < -0.39 is 6.09 Å². The van der Waals surface area contributed by atoms with Crippen molar-refractivity contribution in [1.29, 1.82) is 0 Å². The van der Waals surface area contributed by atoms with Crippen molar-refractivity contribution < 1.29 is 14.3 Å². The lowest BCUT2D eigenvalue weighted by molar-refractivity contribution is 0.166. The van der Waals surface area contributed by atoms with Crippen LogP contribution in [0.1, 0.15) is 26.2 Å². The second kappa shape index (κ2) is 8.82. The molecule has 0 spiro atoms. The molecule has 0 aliphatic rings. The molecule has 0 heterocycles. The number of hydrogen-bond acceptors (Lipinski definition) is 3. The minimum Gasteiger partial charge on any atom is -0.453 e. The quantitative estimate of drug-likeness (QED) is 0.592. The summed E-state index contributed by atoms with van der Waals surface area (Å²) < 4.78 is 4.48. The van der Waals surface area contributed by atoms with Crippen LogP contribution in [0.25, 0.3) is 0 Å². The van der Waals surface area contributed by atoms with Crippen LogP contribution in [0.3, 0.4) is 0 Å². The molecule has 1 unspecified atom stereocenters. The lowest BCUT2D eigenvalue weighted by atomic mass is 10.1. The number of unbranched alkanes of at least 4 members (excludes halogenated alkanes) is 1. The third-order valence-electron chi connectivity index (χ3n) is 2.13. The van der Waals surface area contributed by atoms with E-state index in [1.807, 2.05) is 6.92 Å². The number of amides is 3. The molecule has 0 rings (SSSR count). The number of carbonyl (C=O) groups excluding carboxylic acids is 2. The highest BCUT2D eigenvalue weighted by molar-refractivity contribution is 5.73. The van der Waals surface area contributed by atoms with Gasteiger partial charge in [0.25, 0.3) is 0 Å². The monoisotopic (exact) mass is 231 g/mol. The van der Waals surface area contributed by atoms with Crippen LogP contribution < -0.4 is 16.0 Å². The average Bonchev–Trinajstić information content (AvgIpc) is 2.27. The SMILES string of the molecule is CNC(=O)NCCCCC(C)NC(=O)OC. The predicted octanol–water partition coefficient (Wildman–Crippen LogP) is 0.830. The molecule has 0 bridgehead atoms. The number of ether oxygens (including phenoxy) is 1. The maximum atomic E-state index is 10.8. The van der Waals surface area contributed by atoms with Crippen LogP contribution in [0.5, 0.6) is 0 Å². The van der Waals surface area contributed by atoms with Gasteiger partial charge in [-0.05, 0) is 26.2 Å². The molecule has 0 aromatic heterocycles. The fourth-order valence-electron chi connectivity index (χ4n) is 1.20. The normalized spacial score (nSPS) is 11.4. The van der Waals surface area contributed by atoms with E-state index in [0.29, 0.717) is 6.54 Å². The first-order valence-corrected chi connectivity index (χ1v) is 5.40. The summed E-state index contributed by atoms with van der Waals surface area (Å²) in [6.07, 6.45) is 2.29. The molecule has 0 aromatic rings. The highest BCUT2D eigenvalue weighted by atomic mass is 16.5. The standard InChI is InChI=1S/C10H21N3O3/c1-8(13-10(15)16-3)6-4-5-7-12-9(14)11-2/h8H,4-7H2,1-3H3,(H,13,15)(H2,11,12,14). The smallest absolute Gasteiger partial charge is 0.407 e. The summed E-state index contributed by atoms with van der Waals surface area (Å²) >= 11 is 0. The van der Waals surface area contributed by atoms with Crippen molar-refractivity contribution in [3.8, 4) is 0 Å². The van der Waals surface area contributed by atoms with Gasteiger partial charge in [-0.3, -0.25) is 0 Å². The van der Waals surface area contributed by atoms with Crippen LogP contribution >= 0.6 is 0 Å². The zero-order chi connectivity index (χ0) is 12.4. The third kappa shape index (κ3) is 7.90. The molecular weight excluding hydrogens is 210 g/mol. The summed E-state index contributed by atoms with van der Waals surface area (Å²) in [6, 6.07) is -0.0758. The molecular formula is C10H21N3O3. The summed E-state index contributed by atoms with van der Waals surface area (Å²) in [5.74, 6) is 0. The number of urea groups is 1. The fourth-order valence-corrected chi connectivity index (χ4v) is 1.20. The third-order valence-corrected chi connectivity index (χ3v) is 2.13. The van der Waals surface area contributed by atoms with E-state index in [2.05, 4.69) is 20.7 Å². The number of hydrogen-bond donors (Lipinski definition) is 3. The maximum absolute atomic E-state index is 10.8. The van der Waals surface area contributed by atoms with Gasteiger partial charge in [0.05, 0.1) is 7.11 Å². The lowest BCUT2D eigenvalue weighted by Crippen LogP contribution is -2.34. The molecule has 6 nitrogen and oxygen atoms in total. The van der Waals surface area contributed by atoms with Crippen LogP contribution in [-0.2, 0) is 4.74 Å². The number of alkyl carbamates (subject to hydrolysis) is 1. The van der Waals surface area contributed by atoms with Crippen molar-refractivity contribution in [1.82, 2.24) is 16.0 Å². The Kier molecular flexibility index (Phi) is 8.01. The van der Waals surface area contributed by atoms with Crippen molar-refractivity contribution >= 4 is 12.1 Å². The molecule has 0 aliphatic carbocycles. The van der Waals surface area contributed by atoms with E-state index in [1.165, 1.54) is 7.11 Å². The maximum Gasteiger partial charge on any atom is 0.407 e. The van der Waals surface area contributed by atoms with Crippen LogP contribution in [0, 0.1) is 0 Å². The largest absolute Gasteiger partial charge is 0.453 e. The molecule has 3 amide bonds. The van der Waals surface area contributed by atoms with Gasteiger partial charge in [0, 0.05) is 19.6 Å². The van der Waals surface area contributed by atoms with Gasteiger partial charge in [0.15, 0.2) is 0 Å². The zero-order valence-electron chi connectivity index (χ0n) is 10.1. The molecule has 1 atom stereocenters. The summed E-state index contributed by atoms with van der Waals surface area (Å²) in [5.41, 5.74) is 0. The molecule has 3 N–H and O–H groups in total. The highest BCUT2D eigenvalue weighted by Crippen LogP contribution is 1.99. The first-order chi connectivity index (χ1) is 7.60. The second-order valence-electron chi connectivity index (χ2n) is 3.54. The van der Waals surface area contributed by atoms with Crippen molar-refractivity contribution in [2.45, 2.75) is 32.2 Å². The van der Waals surface area contributed by atoms with Crippen LogP contribution in [0.2, 0.25) is 0 Å². The summed E-state index contributed by atoms with van der Waals surface area (Å²) in [7, 11) is 2.92.